The third-order valence-electron chi connectivity index (χ3n) is 3.67. The molecule has 110 valence electrons. The van der Waals surface area contributed by atoms with E-state index in [-0.39, 0.29) is 0 Å². The average molecular weight is 283 g/mol. The van der Waals surface area contributed by atoms with Crippen LogP contribution in [0.25, 0.3) is 0 Å². The molecular formula is C17H21N3O. The summed E-state index contributed by atoms with van der Waals surface area (Å²) >= 11 is 0. The Labute approximate surface area is 125 Å². The summed E-state index contributed by atoms with van der Waals surface area (Å²) < 4.78 is 5.19. The van der Waals surface area contributed by atoms with Crippen molar-refractivity contribution in [2.75, 3.05) is 19.0 Å². The summed E-state index contributed by atoms with van der Waals surface area (Å²) in [4.78, 5) is 9.35. The van der Waals surface area contributed by atoms with Crippen LogP contribution in [-0.4, -0.2) is 23.6 Å². The minimum Gasteiger partial charge on any atom is -0.497 e. The Hall–Kier alpha value is -2.10. The second kappa shape index (κ2) is 6.12. The zero-order valence-corrected chi connectivity index (χ0v) is 12.6. The molecule has 1 aliphatic carbocycles. The standard InChI is InChI=1S/C17H21N3O/c1-3-18-16-11-15(13-6-7-13)19-17(20-16)10-12-4-8-14(21-2)9-5-12/h4-5,8-9,11,13H,3,6-7,10H2,1-2H3,(H,18,19,20). The average Bonchev–Trinajstić information content (AvgIpc) is 3.33. The largest absolute Gasteiger partial charge is 0.497 e. The van der Waals surface area contributed by atoms with E-state index in [2.05, 4.69) is 35.4 Å². The highest BCUT2D eigenvalue weighted by Gasteiger charge is 2.26. The quantitative estimate of drug-likeness (QED) is 0.882. The lowest BCUT2D eigenvalue weighted by Crippen LogP contribution is -2.06. The van der Waals surface area contributed by atoms with Crippen LogP contribution < -0.4 is 10.1 Å². The Bertz CT molecular complexity index is 606. The van der Waals surface area contributed by atoms with Crippen molar-refractivity contribution in [3.8, 4) is 5.75 Å². The van der Waals surface area contributed by atoms with Crippen molar-refractivity contribution >= 4 is 5.82 Å². The van der Waals surface area contributed by atoms with Gasteiger partial charge in [-0.2, -0.15) is 0 Å². The number of nitrogens with one attached hydrogen (secondary N) is 1. The number of hydrogen-bond acceptors (Lipinski definition) is 4. The van der Waals surface area contributed by atoms with Crippen molar-refractivity contribution in [3.05, 3.63) is 47.4 Å². The SMILES string of the molecule is CCNc1cc(C2CC2)nc(Cc2ccc(OC)cc2)n1. The molecule has 0 spiro atoms. The number of rotatable bonds is 6. The highest BCUT2D eigenvalue weighted by Crippen LogP contribution is 2.39. The van der Waals surface area contributed by atoms with Crippen molar-refractivity contribution in [2.24, 2.45) is 0 Å². The third kappa shape index (κ3) is 3.51. The van der Waals surface area contributed by atoms with Gasteiger partial charge >= 0.3 is 0 Å². The summed E-state index contributed by atoms with van der Waals surface area (Å²) in [7, 11) is 1.68. The van der Waals surface area contributed by atoms with Gasteiger partial charge in [-0.1, -0.05) is 12.1 Å². The van der Waals surface area contributed by atoms with E-state index < -0.39 is 0 Å². The fourth-order valence-corrected chi connectivity index (χ4v) is 2.38. The molecule has 1 saturated carbocycles. The summed E-state index contributed by atoms with van der Waals surface area (Å²) in [6.07, 6.45) is 3.26. The second-order valence-corrected chi connectivity index (χ2v) is 5.42. The number of anilines is 1. The van der Waals surface area contributed by atoms with E-state index in [9.17, 15) is 0 Å². The zero-order valence-electron chi connectivity index (χ0n) is 12.6. The zero-order chi connectivity index (χ0) is 14.7. The van der Waals surface area contributed by atoms with Gasteiger partial charge in [0, 0.05) is 30.6 Å². The third-order valence-corrected chi connectivity index (χ3v) is 3.67. The first kappa shape index (κ1) is 13.9. The van der Waals surface area contributed by atoms with Crippen LogP contribution in [0.3, 0.4) is 0 Å². The van der Waals surface area contributed by atoms with Crippen LogP contribution in [0.1, 0.15) is 42.8 Å². The Kier molecular flexibility index (Phi) is 4.04. The highest BCUT2D eigenvalue weighted by atomic mass is 16.5. The number of nitrogens with zero attached hydrogens (tertiary/aromatic N) is 2. The molecule has 0 saturated heterocycles. The molecule has 1 aromatic heterocycles. The predicted octanol–water partition coefficient (Wildman–Crippen LogP) is 3.39. The molecule has 0 radical (unpaired) electrons. The second-order valence-electron chi connectivity index (χ2n) is 5.42. The van der Waals surface area contributed by atoms with E-state index in [4.69, 9.17) is 9.72 Å². The molecule has 2 aromatic rings. The molecule has 0 amide bonds. The van der Waals surface area contributed by atoms with Gasteiger partial charge in [0.15, 0.2) is 0 Å². The van der Waals surface area contributed by atoms with Gasteiger partial charge in [-0.05, 0) is 37.5 Å². The lowest BCUT2D eigenvalue weighted by molar-refractivity contribution is 0.414. The van der Waals surface area contributed by atoms with Gasteiger partial charge < -0.3 is 10.1 Å². The van der Waals surface area contributed by atoms with Crippen molar-refractivity contribution < 1.29 is 4.74 Å². The Morgan fingerprint density at radius 3 is 2.57 bits per heavy atom. The fourth-order valence-electron chi connectivity index (χ4n) is 2.38. The van der Waals surface area contributed by atoms with Gasteiger partial charge in [-0.3, -0.25) is 0 Å². The highest BCUT2D eigenvalue weighted by molar-refractivity contribution is 5.39. The summed E-state index contributed by atoms with van der Waals surface area (Å²) in [5.74, 6) is 3.35. The molecule has 1 aliphatic rings. The Morgan fingerprint density at radius 1 is 1.19 bits per heavy atom. The van der Waals surface area contributed by atoms with Crippen LogP contribution in [0.5, 0.6) is 5.75 Å². The Balaban J connectivity index is 1.82. The molecule has 21 heavy (non-hydrogen) atoms. The maximum Gasteiger partial charge on any atom is 0.135 e. The van der Waals surface area contributed by atoms with E-state index in [1.807, 2.05) is 12.1 Å². The maximum absolute atomic E-state index is 5.19. The van der Waals surface area contributed by atoms with Crippen molar-refractivity contribution in [1.82, 2.24) is 9.97 Å². The van der Waals surface area contributed by atoms with Crippen molar-refractivity contribution in [1.29, 1.82) is 0 Å². The van der Waals surface area contributed by atoms with Gasteiger partial charge in [0.25, 0.3) is 0 Å². The van der Waals surface area contributed by atoms with Crippen LogP contribution in [0.4, 0.5) is 5.82 Å². The van der Waals surface area contributed by atoms with Gasteiger partial charge in [-0.25, -0.2) is 9.97 Å². The van der Waals surface area contributed by atoms with Crippen LogP contribution >= 0.6 is 0 Å². The lowest BCUT2D eigenvalue weighted by atomic mass is 10.1. The van der Waals surface area contributed by atoms with Crippen LogP contribution in [0, 0.1) is 0 Å². The molecule has 0 aliphatic heterocycles. The smallest absolute Gasteiger partial charge is 0.135 e. The van der Waals surface area contributed by atoms with E-state index in [0.717, 1.165) is 30.4 Å². The number of benzene rings is 1. The van der Waals surface area contributed by atoms with Crippen LogP contribution in [0.15, 0.2) is 30.3 Å². The lowest BCUT2D eigenvalue weighted by Gasteiger charge is -2.09. The van der Waals surface area contributed by atoms with E-state index >= 15 is 0 Å². The first-order chi connectivity index (χ1) is 10.3. The molecule has 4 heteroatoms. The van der Waals surface area contributed by atoms with E-state index in [1.54, 1.807) is 7.11 Å². The van der Waals surface area contributed by atoms with Crippen molar-refractivity contribution in [2.45, 2.75) is 32.1 Å². The minimum atomic E-state index is 0.639. The first-order valence-corrected chi connectivity index (χ1v) is 7.53. The van der Waals surface area contributed by atoms with Crippen LogP contribution in [0.2, 0.25) is 0 Å². The Morgan fingerprint density at radius 2 is 1.95 bits per heavy atom. The predicted molar refractivity (Wildman–Crippen MR) is 84.0 cm³/mol. The number of methoxy groups -OCH3 is 1. The summed E-state index contributed by atoms with van der Waals surface area (Å²) in [5, 5.41) is 3.30. The fraction of sp³-hybridized carbons (Fsp3) is 0.412. The topological polar surface area (TPSA) is 47.0 Å². The van der Waals surface area contributed by atoms with Gasteiger partial charge in [0.05, 0.1) is 7.11 Å². The summed E-state index contributed by atoms with van der Waals surface area (Å²) in [5.41, 5.74) is 2.38. The van der Waals surface area contributed by atoms with Gasteiger partial charge in [0.2, 0.25) is 0 Å². The number of ether oxygens (including phenoxy) is 1. The normalized spacial score (nSPS) is 14.0. The van der Waals surface area contributed by atoms with E-state index in [0.29, 0.717) is 5.92 Å². The molecule has 4 nitrogen and oxygen atoms in total. The molecule has 0 bridgehead atoms. The maximum atomic E-state index is 5.19. The monoisotopic (exact) mass is 283 g/mol. The van der Waals surface area contributed by atoms with E-state index in [1.165, 1.54) is 24.1 Å². The molecule has 0 unspecified atom stereocenters. The molecule has 1 heterocycles. The van der Waals surface area contributed by atoms with Crippen molar-refractivity contribution in [3.63, 3.8) is 0 Å². The molecule has 1 N–H and O–H groups in total. The molecule has 1 aromatic carbocycles. The van der Waals surface area contributed by atoms with Crippen LogP contribution in [-0.2, 0) is 6.42 Å². The molecule has 3 rings (SSSR count). The number of hydrogen-bond donors (Lipinski definition) is 1. The molecule has 1 fully saturated rings. The summed E-state index contributed by atoms with van der Waals surface area (Å²) in [6, 6.07) is 10.2. The van der Waals surface area contributed by atoms with Gasteiger partial charge in [-0.15, -0.1) is 0 Å². The van der Waals surface area contributed by atoms with Gasteiger partial charge in [0.1, 0.15) is 17.4 Å². The molecule has 0 atom stereocenters. The first-order valence-electron chi connectivity index (χ1n) is 7.53. The molecular weight excluding hydrogens is 262 g/mol. The summed E-state index contributed by atoms with van der Waals surface area (Å²) in [6.45, 7) is 2.96. The minimum absolute atomic E-state index is 0.639. The number of aromatic nitrogens is 2.